The standard InChI is InChI=1S/C18H30N2O2/c1-3-4-5-6-7-8-9-10-11-14-18(21)20-19-16(2)17-13-12-15-22-17/h12-13,15H,3-11,14H2,1-2H3,(H,20,21)/b19-16+. The van der Waals surface area contributed by atoms with Crippen LogP contribution in [0.3, 0.4) is 0 Å². The minimum atomic E-state index is -0.0196. The first-order valence-electron chi connectivity index (χ1n) is 8.61. The first kappa shape index (κ1) is 18.5. The number of carbonyl (C=O) groups excluding carboxylic acids is 1. The van der Waals surface area contributed by atoms with Gasteiger partial charge in [0.1, 0.15) is 11.5 Å². The summed E-state index contributed by atoms with van der Waals surface area (Å²) in [5.74, 6) is 0.664. The zero-order valence-electron chi connectivity index (χ0n) is 14.1. The normalized spacial score (nSPS) is 11.6. The van der Waals surface area contributed by atoms with Crippen LogP contribution in [0.5, 0.6) is 0 Å². The van der Waals surface area contributed by atoms with Crippen molar-refractivity contribution in [2.45, 2.75) is 78.1 Å². The number of amides is 1. The smallest absolute Gasteiger partial charge is 0.240 e. The zero-order chi connectivity index (χ0) is 16.0. The third-order valence-electron chi connectivity index (χ3n) is 3.73. The Bertz CT molecular complexity index is 424. The fraction of sp³-hybridized carbons (Fsp3) is 0.667. The summed E-state index contributed by atoms with van der Waals surface area (Å²) in [4.78, 5) is 11.7. The van der Waals surface area contributed by atoms with E-state index >= 15 is 0 Å². The highest BCUT2D eigenvalue weighted by molar-refractivity contribution is 5.96. The molecule has 0 aliphatic carbocycles. The van der Waals surface area contributed by atoms with E-state index in [-0.39, 0.29) is 5.91 Å². The van der Waals surface area contributed by atoms with Crippen LogP contribution in [-0.2, 0) is 4.79 Å². The SMILES string of the molecule is CCCCCCCCCCCC(=O)N/N=C(\C)c1ccco1. The van der Waals surface area contributed by atoms with Crippen molar-refractivity contribution in [3.8, 4) is 0 Å². The van der Waals surface area contributed by atoms with Crippen LogP contribution in [0.25, 0.3) is 0 Å². The molecule has 1 heterocycles. The van der Waals surface area contributed by atoms with Gasteiger partial charge < -0.3 is 4.42 Å². The van der Waals surface area contributed by atoms with Gasteiger partial charge in [-0.25, -0.2) is 5.43 Å². The summed E-state index contributed by atoms with van der Waals surface area (Å²) >= 11 is 0. The average molecular weight is 306 g/mol. The summed E-state index contributed by atoms with van der Waals surface area (Å²) < 4.78 is 5.21. The van der Waals surface area contributed by atoms with Crippen LogP contribution in [0.15, 0.2) is 27.9 Å². The van der Waals surface area contributed by atoms with Gasteiger partial charge in [-0.2, -0.15) is 5.10 Å². The van der Waals surface area contributed by atoms with Crippen molar-refractivity contribution in [3.05, 3.63) is 24.2 Å². The maximum atomic E-state index is 11.7. The van der Waals surface area contributed by atoms with Crippen molar-refractivity contribution >= 4 is 11.6 Å². The lowest BCUT2D eigenvalue weighted by Crippen LogP contribution is -2.18. The summed E-state index contributed by atoms with van der Waals surface area (Å²) in [6, 6.07) is 3.63. The molecule has 4 heteroatoms. The second-order valence-corrected chi connectivity index (χ2v) is 5.79. The first-order valence-corrected chi connectivity index (χ1v) is 8.61. The molecule has 0 saturated carbocycles. The van der Waals surface area contributed by atoms with Crippen molar-refractivity contribution in [1.29, 1.82) is 0 Å². The highest BCUT2D eigenvalue weighted by Crippen LogP contribution is 2.10. The molecule has 1 N–H and O–H groups in total. The molecule has 0 saturated heterocycles. The molecule has 0 aliphatic rings. The highest BCUT2D eigenvalue weighted by Gasteiger charge is 2.03. The molecule has 22 heavy (non-hydrogen) atoms. The van der Waals surface area contributed by atoms with Gasteiger partial charge in [-0.15, -0.1) is 0 Å². The molecule has 0 radical (unpaired) electrons. The fourth-order valence-electron chi connectivity index (χ4n) is 2.34. The minimum Gasteiger partial charge on any atom is -0.463 e. The van der Waals surface area contributed by atoms with Crippen molar-refractivity contribution in [2.75, 3.05) is 0 Å². The number of unbranched alkanes of at least 4 members (excludes halogenated alkanes) is 8. The van der Waals surface area contributed by atoms with Crippen LogP contribution in [0.2, 0.25) is 0 Å². The van der Waals surface area contributed by atoms with E-state index in [1.807, 2.05) is 13.0 Å². The molecule has 0 aromatic carbocycles. The second kappa shape index (κ2) is 12.0. The van der Waals surface area contributed by atoms with Crippen molar-refractivity contribution in [3.63, 3.8) is 0 Å². The molecule has 1 aromatic heterocycles. The lowest BCUT2D eigenvalue weighted by atomic mass is 10.1. The van der Waals surface area contributed by atoms with Gasteiger partial charge in [0.15, 0.2) is 0 Å². The molecular formula is C18H30N2O2. The predicted octanol–water partition coefficient (Wildman–Crippen LogP) is 5.04. The van der Waals surface area contributed by atoms with Gasteiger partial charge in [0.05, 0.1) is 6.26 Å². The number of furan rings is 1. The quantitative estimate of drug-likeness (QED) is 0.334. The van der Waals surface area contributed by atoms with Crippen molar-refractivity contribution < 1.29 is 9.21 Å². The molecule has 0 bridgehead atoms. The highest BCUT2D eigenvalue weighted by atomic mass is 16.3. The van der Waals surface area contributed by atoms with Crippen LogP contribution in [-0.4, -0.2) is 11.6 Å². The summed E-state index contributed by atoms with van der Waals surface area (Å²) in [6.07, 6.45) is 13.4. The predicted molar refractivity (Wildman–Crippen MR) is 90.9 cm³/mol. The molecule has 1 amide bonds. The molecule has 1 rings (SSSR count). The molecule has 0 unspecified atom stereocenters. The topological polar surface area (TPSA) is 54.6 Å². The zero-order valence-corrected chi connectivity index (χ0v) is 14.1. The fourth-order valence-corrected chi connectivity index (χ4v) is 2.34. The summed E-state index contributed by atoms with van der Waals surface area (Å²) in [6.45, 7) is 4.06. The van der Waals surface area contributed by atoms with Gasteiger partial charge in [0, 0.05) is 6.42 Å². The first-order chi connectivity index (χ1) is 10.7. The molecule has 0 fully saturated rings. The molecule has 0 aliphatic heterocycles. The Morgan fingerprint density at radius 1 is 1.09 bits per heavy atom. The van der Waals surface area contributed by atoms with Crippen molar-refractivity contribution in [2.24, 2.45) is 5.10 Å². The second-order valence-electron chi connectivity index (χ2n) is 5.79. The third-order valence-corrected chi connectivity index (χ3v) is 3.73. The van der Waals surface area contributed by atoms with E-state index in [1.54, 1.807) is 12.3 Å². The number of hydrogen-bond acceptors (Lipinski definition) is 3. The van der Waals surface area contributed by atoms with E-state index in [0.717, 1.165) is 12.8 Å². The van der Waals surface area contributed by atoms with Crippen LogP contribution in [0, 0.1) is 0 Å². The van der Waals surface area contributed by atoms with E-state index in [4.69, 9.17) is 4.42 Å². The molecule has 4 nitrogen and oxygen atoms in total. The van der Waals surface area contributed by atoms with Gasteiger partial charge in [-0.05, 0) is 25.5 Å². The van der Waals surface area contributed by atoms with E-state index in [1.165, 1.54) is 44.9 Å². The number of rotatable bonds is 12. The van der Waals surface area contributed by atoms with Crippen LogP contribution in [0.1, 0.15) is 83.8 Å². The monoisotopic (exact) mass is 306 g/mol. The maximum absolute atomic E-state index is 11.7. The summed E-state index contributed by atoms with van der Waals surface area (Å²) in [5, 5.41) is 4.05. The van der Waals surface area contributed by atoms with Crippen LogP contribution in [0.4, 0.5) is 0 Å². The molecule has 0 spiro atoms. The molecule has 0 atom stereocenters. The average Bonchev–Trinajstić information content (AvgIpc) is 3.05. The Kier molecular flexibility index (Phi) is 10.1. The molecular weight excluding hydrogens is 276 g/mol. The Morgan fingerprint density at radius 2 is 1.73 bits per heavy atom. The number of carbonyl (C=O) groups is 1. The number of hydrazone groups is 1. The van der Waals surface area contributed by atoms with E-state index in [9.17, 15) is 4.79 Å². The Hall–Kier alpha value is -1.58. The minimum absolute atomic E-state index is 0.0196. The Balaban J connectivity index is 1.99. The lowest BCUT2D eigenvalue weighted by molar-refractivity contribution is -0.121. The summed E-state index contributed by atoms with van der Waals surface area (Å²) in [7, 11) is 0. The van der Waals surface area contributed by atoms with Crippen molar-refractivity contribution in [1.82, 2.24) is 5.43 Å². The Labute approximate surface area is 134 Å². The largest absolute Gasteiger partial charge is 0.463 e. The molecule has 1 aromatic rings. The number of nitrogens with one attached hydrogen (secondary N) is 1. The van der Waals surface area contributed by atoms with Crippen LogP contribution < -0.4 is 5.43 Å². The lowest BCUT2D eigenvalue weighted by Gasteiger charge is -2.02. The van der Waals surface area contributed by atoms with E-state index in [0.29, 0.717) is 17.9 Å². The van der Waals surface area contributed by atoms with Crippen LogP contribution >= 0.6 is 0 Å². The summed E-state index contributed by atoms with van der Waals surface area (Å²) in [5.41, 5.74) is 3.27. The third kappa shape index (κ3) is 8.65. The number of nitrogens with zero attached hydrogens (tertiary/aromatic N) is 1. The number of hydrogen-bond donors (Lipinski definition) is 1. The van der Waals surface area contributed by atoms with Gasteiger partial charge in [-0.1, -0.05) is 58.3 Å². The van der Waals surface area contributed by atoms with Gasteiger partial charge >= 0.3 is 0 Å². The van der Waals surface area contributed by atoms with E-state index in [2.05, 4.69) is 17.5 Å². The van der Waals surface area contributed by atoms with Gasteiger partial charge in [0.25, 0.3) is 0 Å². The van der Waals surface area contributed by atoms with Gasteiger partial charge in [-0.3, -0.25) is 4.79 Å². The molecule has 124 valence electrons. The van der Waals surface area contributed by atoms with Gasteiger partial charge in [0.2, 0.25) is 5.91 Å². The van der Waals surface area contributed by atoms with E-state index < -0.39 is 0 Å². The Morgan fingerprint density at radius 3 is 2.32 bits per heavy atom. The maximum Gasteiger partial charge on any atom is 0.240 e.